The maximum Gasteiger partial charge on any atom is 0.328 e. The van der Waals surface area contributed by atoms with Crippen molar-refractivity contribution in [1.29, 1.82) is 0 Å². The zero-order valence-corrected chi connectivity index (χ0v) is 16.3. The molecule has 27 heavy (non-hydrogen) atoms. The minimum atomic E-state index is 0.0244. The van der Waals surface area contributed by atoms with Gasteiger partial charge in [0.05, 0.1) is 11.0 Å². The molecular weight excluding hydrogens is 338 g/mol. The summed E-state index contributed by atoms with van der Waals surface area (Å²) in [6.45, 7) is 5.07. The van der Waals surface area contributed by atoms with E-state index in [4.69, 9.17) is 4.74 Å². The van der Waals surface area contributed by atoms with E-state index < -0.39 is 0 Å². The first-order valence-electron chi connectivity index (χ1n) is 9.62. The topological polar surface area (TPSA) is 39.4 Å². The van der Waals surface area contributed by atoms with Crippen LogP contribution in [0.5, 0.6) is 5.75 Å². The Morgan fingerprint density at radius 2 is 1.70 bits per heavy atom. The maximum atomic E-state index is 12.1. The van der Waals surface area contributed by atoms with Gasteiger partial charge in [0.2, 0.25) is 0 Å². The van der Waals surface area contributed by atoms with E-state index >= 15 is 0 Å². The SMILES string of the molecule is Cc1ccccc1OC1CCN(Cc2ccc3c(c2)n(C)c(=O)n3C)CC1. The number of para-hydroxylation sites is 1. The number of benzene rings is 2. The van der Waals surface area contributed by atoms with Gasteiger partial charge in [-0.2, -0.15) is 0 Å². The summed E-state index contributed by atoms with van der Waals surface area (Å²) in [6.07, 6.45) is 2.38. The van der Waals surface area contributed by atoms with Gasteiger partial charge in [-0.25, -0.2) is 4.79 Å². The Hall–Kier alpha value is -2.53. The van der Waals surface area contributed by atoms with E-state index in [-0.39, 0.29) is 5.69 Å². The molecule has 3 aromatic rings. The molecule has 1 saturated heterocycles. The first-order chi connectivity index (χ1) is 13.0. The van der Waals surface area contributed by atoms with Gasteiger partial charge in [-0.1, -0.05) is 24.3 Å². The Kier molecular flexibility index (Phi) is 4.79. The molecule has 4 rings (SSSR count). The molecule has 5 heteroatoms. The molecule has 0 saturated carbocycles. The molecule has 0 N–H and O–H groups in total. The smallest absolute Gasteiger partial charge is 0.328 e. The Morgan fingerprint density at radius 3 is 2.44 bits per heavy atom. The fourth-order valence-corrected chi connectivity index (χ4v) is 3.96. The standard InChI is InChI=1S/C22H27N3O2/c1-16-6-4-5-7-21(16)27-18-10-12-25(13-11-18)15-17-8-9-19-20(14-17)24(3)22(26)23(19)2/h4-9,14,18H,10-13,15H2,1-3H3. The molecule has 0 atom stereocenters. The van der Waals surface area contributed by atoms with Crippen molar-refractivity contribution in [1.82, 2.24) is 14.0 Å². The number of ether oxygens (including phenoxy) is 1. The lowest BCUT2D eigenvalue weighted by Gasteiger charge is -2.32. The molecule has 0 aliphatic carbocycles. The van der Waals surface area contributed by atoms with Gasteiger partial charge in [-0.05, 0) is 49.1 Å². The number of imidazole rings is 1. The van der Waals surface area contributed by atoms with E-state index in [1.54, 1.807) is 9.13 Å². The Bertz CT molecular complexity index is 1010. The van der Waals surface area contributed by atoms with Crippen LogP contribution in [0, 0.1) is 6.92 Å². The zero-order chi connectivity index (χ0) is 19.0. The molecular formula is C22H27N3O2. The van der Waals surface area contributed by atoms with E-state index in [1.165, 1.54) is 11.1 Å². The molecule has 2 heterocycles. The lowest BCUT2D eigenvalue weighted by molar-refractivity contribution is 0.0963. The first-order valence-corrected chi connectivity index (χ1v) is 9.62. The van der Waals surface area contributed by atoms with E-state index in [0.29, 0.717) is 6.10 Å². The Labute approximate surface area is 159 Å². The average molecular weight is 365 g/mol. The van der Waals surface area contributed by atoms with Crippen molar-refractivity contribution in [3.8, 4) is 5.75 Å². The number of likely N-dealkylation sites (tertiary alicyclic amines) is 1. The van der Waals surface area contributed by atoms with Crippen LogP contribution in [-0.4, -0.2) is 33.2 Å². The molecule has 1 aliphatic heterocycles. The molecule has 1 aliphatic rings. The van der Waals surface area contributed by atoms with Crippen LogP contribution >= 0.6 is 0 Å². The quantitative estimate of drug-likeness (QED) is 0.713. The van der Waals surface area contributed by atoms with E-state index in [2.05, 4.69) is 42.2 Å². The average Bonchev–Trinajstić information content (AvgIpc) is 2.89. The van der Waals surface area contributed by atoms with Crippen LogP contribution in [0.25, 0.3) is 11.0 Å². The lowest BCUT2D eigenvalue weighted by Crippen LogP contribution is -2.37. The minimum absolute atomic E-state index is 0.0244. The summed E-state index contributed by atoms with van der Waals surface area (Å²) in [7, 11) is 3.66. The van der Waals surface area contributed by atoms with Crippen molar-refractivity contribution in [2.24, 2.45) is 14.1 Å². The van der Waals surface area contributed by atoms with E-state index in [1.807, 2.05) is 26.2 Å². The van der Waals surface area contributed by atoms with Crippen molar-refractivity contribution >= 4 is 11.0 Å². The third-order valence-electron chi connectivity index (χ3n) is 5.66. The van der Waals surface area contributed by atoms with Crippen molar-refractivity contribution in [3.05, 3.63) is 64.1 Å². The summed E-state index contributed by atoms with van der Waals surface area (Å²) in [5.41, 5.74) is 4.45. The summed E-state index contributed by atoms with van der Waals surface area (Å²) in [5.74, 6) is 1.01. The fraction of sp³-hybridized carbons (Fsp3) is 0.409. The van der Waals surface area contributed by atoms with Gasteiger partial charge in [0.15, 0.2) is 0 Å². The Morgan fingerprint density at radius 1 is 1.00 bits per heavy atom. The van der Waals surface area contributed by atoms with Gasteiger partial charge >= 0.3 is 5.69 Å². The number of piperidine rings is 1. The summed E-state index contributed by atoms with van der Waals surface area (Å²) in [6, 6.07) is 14.6. The Balaban J connectivity index is 1.39. The largest absolute Gasteiger partial charge is 0.490 e. The number of rotatable bonds is 4. The number of hydrogen-bond donors (Lipinski definition) is 0. The normalized spacial score (nSPS) is 16.1. The molecule has 0 spiro atoms. The van der Waals surface area contributed by atoms with Crippen LogP contribution in [0.3, 0.4) is 0 Å². The van der Waals surface area contributed by atoms with Crippen LogP contribution in [0.4, 0.5) is 0 Å². The molecule has 2 aromatic carbocycles. The fourth-order valence-electron chi connectivity index (χ4n) is 3.96. The molecule has 142 valence electrons. The minimum Gasteiger partial charge on any atom is -0.490 e. The molecule has 1 fully saturated rings. The highest BCUT2D eigenvalue weighted by atomic mass is 16.5. The zero-order valence-electron chi connectivity index (χ0n) is 16.3. The monoisotopic (exact) mass is 365 g/mol. The second-order valence-electron chi connectivity index (χ2n) is 7.58. The maximum absolute atomic E-state index is 12.1. The van der Waals surface area contributed by atoms with Crippen molar-refractivity contribution in [2.45, 2.75) is 32.4 Å². The van der Waals surface area contributed by atoms with Gasteiger partial charge in [-0.15, -0.1) is 0 Å². The van der Waals surface area contributed by atoms with E-state index in [0.717, 1.165) is 49.3 Å². The van der Waals surface area contributed by atoms with Gasteiger partial charge in [0.1, 0.15) is 11.9 Å². The van der Waals surface area contributed by atoms with Crippen LogP contribution in [0.1, 0.15) is 24.0 Å². The predicted octanol–water partition coefficient (Wildman–Crippen LogP) is 3.23. The number of aryl methyl sites for hydroxylation is 3. The van der Waals surface area contributed by atoms with Gasteiger partial charge in [0.25, 0.3) is 0 Å². The predicted molar refractivity (Wildman–Crippen MR) is 108 cm³/mol. The number of nitrogens with zero attached hydrogens (tertiary/aromatic N) is 3. The summed E-state index contributed by atoms with van der Waals surface area (Å²) in [5, 5.41) is 0. The molecule has 0 unspecified atom stereocenters. The van der Waals surface area contributed by atoms with Gasteiger partial charge in [0, 0.05) is 33.7 Å². The number of fused-ring (bicyclic) bond motifs is 1. The number of aromatic nitrogens is 2. The third kappa shape index (κ3) is 3.52. The van der Waals surface area contributed by atoms with Crippen LogP contribution < -0.4 is 10.4 Å². The summed E-state index contributed by atoms with van der Waals surface area (Å²) >= 11 is 0. The molecule has 1 aromatic heterocycles. The van der Waals surface area contributed by atoms with Crippen molar-refractivity contribution in [3.63, 3.8) is 0 Å². The molecule has 5 nitrogen and oxygen atoms in total. The van der Waals surface area contributed by atoms with Crippen LogP contribution in [-0.2, 0) is 20.6 Å². The highest BCUT2D eigenvalue weighted by Gasteiger charge is 2.21. The first kappa shape index (κ1) is 17.9. The number of hydrogen-bond acceptors (Lipinski definition) is 3. The van der Waals surface area contributed by atoms with Crippen LogP contribution in [0.2, 0.25) is 0 Å². The van der Waals surface area contributed by atoms with Crippen LogP contribution in [0.15, 0.2) is 47.3 Å². The molecule has 0 amide bonds. The van der Waals surface area contributed by atoms with Gasteiger partial charge in [-0.3, -0.25) is 14.0 Å². The highest BCUT2D eigenvalue weighted by Crippen LogP contribution is 2.23. The highest BCUT2D eigenvalue weighted by molar-refractivity contribution is 5.76. The molecule has 0 bridgehead atoms. The summed E-state index contributed by atoms with van der Waals surface area (Å²) in [4.78, 5) is 14.6. The lowest BCUT2D eigenvalue weighted by atomic mass is 10.1. The van der Waals surface area contributed by atoms with Gasteiger partial charge < -0.3 is 4.74 Å². The summed E-state index contributed by atoms with van der Waals surface area (Å²) < 4.78 is 9.63. The van der Waals surface area contributed by atoms with Crippen molar-refractivity contribution in [2.75, 3.05) is 13.1 Å². The molecule has 0 radical (unpaired) electrons. The van der Waals surface area contributed by atoms with E-state index in [9.17, 15) is 4.79 Å². The van der Waals surface area contributed by atoms with Crippen molar-refractivity contribution < 1.29 is 4.74 Å². The second-order valence-corrected chi connectivity index (χ2v) is 7.58. The second kappa shape index (κ2) is 7.24. The third-order valence-corrected chi connectivity index (χ3v) is 5.66.